The molecule has 0 radical (unpaired) electrons. The molecule has 0 aromatic heterocycles. The highest BCUT2D eigenvalue weighted by Crippen LogP contribution is 2.12. The van der Waals surface area contributed by atoms with Gasteiger partial charge in [-0.25, -0.2) is 6.57 Å². The standard InChI is InChI=1S/C6H10N2O2/c1-6(2,8(9)10)4-5-7-3/h4-5H2,1-2H3. The number of rotatable bonds is 3. The Labute approximate surface area is 59.8 Å². The minimum Gasteiger partial charge on any atom is -0.317 e. The highest BCUT2D eigenvalue weighted by molar-refractivity contribution is 4.72. The average molecular weight is 142 g/mol. The van der Waals surface area contributed by atoms with E-state index >= 15 is 0 Å². The lowest BCUT2D eigenvalue weighted by molar-refractivity contribution is -0.560. The molecule has 0 unspecified atom stereocenters. The summed E-state index contributed by atoms with van der Waals surface area (Å²) in [4.78, 5) is 12.9. The van der Waals surface area contributed by atoms with Crippen LogP contribution in [-0.4, -0.2) is 17.0 Å². The van der Waals surface area contributed by atoms with E-state index in [-0.39, 0.29) is 11.5 Å². The summed E-state index contributed by atoms with van der Waals surface area (Å²) in [5.41, 5.74) is -0.940. The van der Waals surface area contributed by atoms with E-state index in [1.165, 1.54) is 13.8 Å². The zero-order valence-corrected chi connectivity index (χ0v) is 6.13. The minimum absolute atomic E-state index is 0.230. The van der Waals surface area contributed by atoms with E-state index in [4.69, 9.17) is 6.57 Å². The van der Waals surface area contributed by atoms with Gasteiger partial charge in [0, 0.05) is 18.8 Å². The normalized spacial score (nSPS) is 10.5. The third kappa shape index (κ3) is 2.44. The molecule has 0 fully saturated rings. The van der Waals surface area contributed by atoms with Crippen LogP contribution in [0.4, 0.5) is 0 Å². The average Bonchev–Trinajstić information content (AvgIpc) is 1.84. The Morgan fingerprint density at radius 3 is 2.50 bits per heavy atom. The fourth-order valence-electron chi connectivity index (χ4n) is 0.421. The third-order valence-corrected chi connectivity index (χ3v) is 1.33. The van der Waals surface area contributed by atoms with Crippen molar-refractivity contribution in [2.45, 2.75) is 25.8 Å². The van der Waals surface area contributed by atoms with E-state index in [9.17, 15) is 10.1 Å². The van der Waals surface area contributed by atoms with Crippen molar-refractivity contribution >= 4 is 0 Å². The molecule has 0 saturated carbocycles. The maximum atomic E-state index is 10.2. The number of nitro groups is 1. The quantitative estimate of drug-likeness (QED) is 0.339. The molecule has 0 aromatic rings. The first-order valence-electron chi connectivity index (χ1n) is 2.98. The van der Waals surface area contributed by atoms with Gasteiger partial charge in [-0.05, 0) is 0 Å². The van der Waals surface area contributed by atoms with Gasteiger partial charge < -0.3 is 4.85 Å². The Kier molecular flexibility index (Phi) is 2.81. The van der Waals surface area contributed by atoms with Crippen molar-refractivity contribution < 1.29 is 4.92 Å². The van der Waals surface area contributed by atoms with Crippen molar-refractivity contribution in [3.63, 3.8) is 0 Å². The van der Waals surface area contributed by atoms with Crippen molar-refractivity contribution in [2.75, 3.05) is 6.54 Å². The topological polar surface area (TPSA) is 47.5 Å². The molecule has 0 N–H and O–H groups in total. The third-order valence-electron chi connectivity index (χ3n) is 1.33. The van der Waals surface area contributed by atoms with Crippen LogP contribution < -0.4 is 0 Å². The van der Waals surface area contributed by atoms with Crippen molar-refractivity contribution in [3.8, 4) is 0 Å². The fourth-order valence-corrected chi connectivity index (χ4v) is 0.421. The van der Waals surface area contributed by atoms with E-state index in [2.05, 4.69) is 4.85 Å². The van der Waals surface area contributed by atoms with E-state index in [0.717, 1.165) is 0 Å². The number of nitrogens with zero attached hydrogens (tertiary/aromatic N) is 2. The van der Waals surface area contributed by atoms with Crippen LogP contribution in [0.3, 0.4) is 0 Å². The summed E-state index contributed by atoms with van der Waals surface area (Å²) in [5.74, 6) is 0. The Morgan fingerprint density at radius 2 is 2.20 bits per heavy atom. The molecule has 0 aliphatic heterocycles. The first-order chi connectivity index (χ1) is 4.50. The molecule has 56 valence electrons. The van der Waals surface area contributed by atoms with E-state index in [0.29, 0.717) is 6.42 Å². The molecule has 4 heteroatoms. The van der Waals surface area contributed by atoms with Gasteiger partial charge in [0.15, 0.2) is 0 Å². The fraction of sp³-hybridized carbons (Fsp3) is 0.833. The molecule has 0 aliphatic rings. The Morgan fingerprint density at radius 1 is 1.70 bits per heavy atom. The van der Waals surface area contributed by atoms with Crippen molar-refractivity contribution in [1.29, 1.82) is 0 Å². The van der Waals surface area contributed by atoms with Crippen molar-refractivity contribution in [2.24, 2.45) is 0 Å². The van der Waals surface area contributed by atoms with Crippen LogP contribution >= 0.6 is 0 Å². The molecule has 0 bridgehead atoms. The predicted molar refractivity (Wildman–Crippen MR) is 37.2 cm³/mol. The van der Waals surface area contributed by atoms with E-state index < -0.39 is 5.54 Å². The second-order valence-corrected chi connectivity index (χ2v) is 2.70. The Hall–Kier alpha value is -1.11. The zero-order valence-electron chi connectivity index (χ0n) is 6.13. The van der Waals surface area contributed by atoms with Gasteiger partial charge in [-0.15, -0.1) is 0 Å². The summed E-state index contributed by atoms with van der Waals surface area (Å²) in [6, 6.07) is 0. The van der Waals surface area contributed by atoms with Gasteiger partial charge in [-0.3, -0.25) is 10.1 Å². The van der Waals surface area contributed by atoms with Gasteiger partial charge in [0.1, 0.15) is 0 Å². The lowest BCUT2D eigenvalue weighted by Gasteiger charge is -2.10. The van der Waals surface area contributed by atoms with Gasteiger partial charge in [-0.1, -0.05) is 0 Å². The van der Waals surface area contributed by atoms with Crippen LogP contribution in [0.2, 0.25) is 0 Å². The SMILES string of the molecule is [C-]#[N+]CCC(C)(C)[N+](=O)[O-]. The summed E-state index contributed by atoms with van der Waals surface area (Å²) < 4.78 is 0. The molecule has 0 aliphatic carbocycles. The summed E-state index contributed by atoms with van der Waals surface area (Å²) >= 11 is 0. The molecule has 4 nitrogen and oxygen atoms in total. The Balaban J connectivity index is 3.90. The van der Waals surface area contributed by atoms with Crippen LogP contribution in [0, 0.1) is 16.7 Å². The Bertz CT molecular complexity index is 169. The predicted octanol–water partition coefficient (Wildman–Crippen LogP) is 1.35. The smallest absolute Gasteiger partial charge is 0.223 e. The molecular formula is C6H10N2O2. The van der Waals surface area contributed by atoms with E-state index in [1.54, 1.807) is 0 Å². The molecule has 0 amide bonds. The molecule has 0 rings (SSSR count). The summed E-state index contributed by atoms with van der Waals surface area (Å²) in [6.07, 6.45) is 0.323. The van der Waals surface area contributed by atoms with Crippen LogP contribution in [0.5, 0.6) is 0 Å². The van der Waals surface area contributed by atoms with Gasteiger partial charge in [0.05, 0.1) is 6.42 Å². The number of hydrogen-bond acceptors (Lipinski definition) is 2. The minimum atomic E-state index is -0.940. The monoisotopic (exact) mass is 142 g/mol. The molecule has 0 saturated heterocycles. The molecule has 0 aromatic carbocycles. The lowest BCUT2D eigenvalue weighted by atomic mass is 10.0. The number of hydrogen-bond donors (Lipinski definition) is 0. The molecular weight excluding hydrogens is 132 g/mol. The van der Waals surface area contributed by atoms with Crippen LogP contribution in [-0.2, 0) is 0 Å². The zero-order chi connectivity index (χ0) is 8.20. The largest absolute Gasteiger partial charge is 0.317 e. The van der Waals surface area contributed by atoms with E-state index in [1.807, 2.05) is 0 Å². The van der Waals surface area contributed by atoms with Crippen molar-refractivity contribution in [1.82, 2.24) is 0 Å². The van der Waals surface area contributed by atoms with Gasteiger partial charge in [0.25, 0.3) is 0 Å². The molecule has 0 heterocycles. The first-order valence-corrected chi connectivity index (χ1v) is 2.98. The molecule has 0 atom stereocenters. The second-order valence-electron chi connectivity index (χ2n) is 2.70. The van der Waals surface area contributed by atoms with Crippen LogP contribution in [0.15, 0.2) is 0 Å². The molecule has 10 heavy (non-hydrogen) atoms. The summed E-state index contributed by atoms with van der Waals surface area (Å²) in [6.45, 7) is 9.71. The van der Waals surface area contributed by atoms with Crippen molar-refractivity contribution in [3.05, 3.63) is 21.5 Å². The van der Waals surface area contributed by atoms with Crippen LogP contribution in [0.25, 0.3) is 4.85 Å². The maximum Gasteiger partial charge on any atom is 0.223 e. The van der Waals surface area contributed by atoms with Gasteiger partial charge >= 0.3 is 0 Å². The van der Waals surface area contributed by atoms with Gasteiger partial charge in [-0.2, -0.15) is 0 Å². The highest BCUT2D eigenvalue weighted by atomic mass is 16.6. The maximum absolute atomic E-state index is 10.2. The molecule has 0 spiro atoms. The summed E-state index contributed by atoms with van der Waals surface area (Å²) in [7, 11) is 0. The highest BCUT2D eigenvalue weighted by Gasteiger charge is 2.31. The second kappa shape index (κ2) is 3.16. The first kappa shape index (κ1) is 8.89. The van der Waals surface area contributed by atoms with Crippen LogP contribution in [0.1, 0.15) is 20.3 Å². The lowest BCUT2D eigenvalue weighted by Crippen LogP contribution is -2.31. The summed E-state index contributed by atoms with van der Waals surface area (Å²) in [5, 5.41) is 10.2. The van der Waals surface area contributed by atoms with Gasteiger partial charge in [0.2, 0.25) is 12.1 Å².